The number of para-hydroxylation sites is 1. The Bertz CT molecular complexity index is 990. The summed E-state index contributed by atoms with van der Waals surface area (Å²) in [6.07, 6.45) is 1.53. The second-order valence-corrected chi connectivity index (χ2v) is 5.81. The number of nitrogens with one attached hydrogen (secondary N) is 2. The predicted octanol–water partition coefficient (Wildman–Crippen LogP) is 2.33. The van der Waals surface area contributed by atoms with E-state index < -0.39 is 4.92 Å². The highest BCUT2D eigenvalue weighted by Gasteiger charge is 2.32. The van der Waals surface area contributed by atoms with Gasteiger partial charge in [0.15, 0.2) is 17.3 Å². The topological polar surface area (TPSA) is 137 Å². The van der Waals surface area contributed by atoms with Gasteiger partial charge < -0.3 is 19.7 Å². The van der Waals surface area contributed by atoms with Crippen LogP contribution in [0.1, 0.15) is 18.4 Å². The molecule has 0 atom stereocenters. The third-order valence-corrected chi connectivity index (χ3v) is 4.37. The van der Waals surface area contributed by atoms with Crippen molar-refractivity contribution in [2.24, 2.45) is 0 Å². The molecule has 134 valence electrons. The molecule has 2 heterocycles. The van der Waals surface area contributed by atoms with E-state index in [9.17, 15) is 20.5 Å². The number of anilines is 1. The molecular weight excluding hydrogens is 338 g/mol. The first kappa shape index (κ1) is 17.3. The van der Waals surface area contributed by atoms with Gasteiger partial charge in [0.25, 0.3) is 0 Å². The number of hydrogen-bond donors (Lipinski definition) is 3. The van der Waals surface area contributed by atoms with E-state index in [1.165, 1.54) is 23.8 Å². The maximum absolute atomic E-state index is 11.9. The van der Waals surface area contributed by atoms with Gasteiger partial charge >= 0.3 is 5.69 Å². The van der Waals surface area contributed by atoms with E-state index in [0.29, 0.717) is 13.1 Å². The molecule has 0 spiro atoms. The molecule has 0 unspecified atom stereocenters. The average molecular weight is 355 g/mol. The van der Waals surface area contributed by atoms with Crippen LogP contribution in [0.25, 0.3) is 11.1 Å². The standard InChI is InChI=1S/C17H17N5O4/c1-26-12-6-4-5-10(15(12)23)13-11(9-18)16(19)21-8-3-2-7-20-17(21)14(13)22(24)25/h4-6,19-20,23H,2-3,7-8H2,1H3. The molecule has 0 amide bonds. The number of nitrogens with zero attached hydrogens (tertiary/aromatic N) is 3. The minimum Gasteiger partial charge on any atom is -0.504 e. The quantitative estimate of drug-likeness (QED) is 0.571. The van der Waals surface area contributed by atoms with Gasteiger partial charge in [-0.3, -0.25) is 15.5 Å². The zero-order valence-electron chi connectivity index (χ0n) is 14.1. The van der Waals surface area contributed by atoms with Crippen LogP contribution in [0.2, 0.25) is 0 Å². The summed E-state index contributed by atoms with van der Waals surface area (Å²) in [6, 6.07) is 6.44. The molecule has 3 rings (SSSR count). The first-order chi connectivity index (χ1) is 12.5. The Morgan fingerprint density at radius 3 is 2.88 bits per heavy atom. The van der Waals surface area contributed by atoms with Crippen LogP contribution < -0.4 is 15.5 Å². The van der Waals surface area contributed by atoms with E-state index in [4.69, 9.17) is 10.1 Å². The summed E-state index contributed by atoms with van der Waals surface area (Å²) in [5, 5.41) is 43.4. The van der Waals surface area contributed by atoms with Crippen molar-refractivity contribution in [2.45, 2.75) is 19.4 Å². The summed E-state index contributed by atoms with van der Waals surface area (Å²) in [4.78, 5) is 11.3. The van der Waals surface area contributed by atoms with Gasteiger partial charge in [0.2, 0.25) is 0 Å². The number of nitriles is 1. The highest BCUT2D eigenvalue weighted by molar-refractivity contribution is 5.88. The lowest BCUT2D eigenvalue weighted by molar-refractivity contribution is -0.383. The number of hydrogen-bond acceptors (Lipinski definition) is 7. The molecule has 0 saturated carbocycles. The molecule has 26 heavy (non-hydrogen) atoms. The first-order valence-electron chi connectivity index (χ1n) is 8.01. The van der Waals surface area contributed by atoms with Gasteiger partial charge in [0, 0.05) is 18.7 Å². The Labute approximate surface area is 148 Å². The molecule has 0 bridgehead atoms. The van der Waals surface area contributed by atoms with Crippen molar-refractivity contribution < 1.29 is 14.8 Å². The van der Waals surface area contributed by atoms with Crippen molar-refractivity contribution in [1.29, 1.82) is 10.7 Å². The Morgan fingerprint density at radius 2 is 2.23 bits per heavy atom. The monoisotopic (exact) mass is 355 g/mol. The highest BCUT2D eigenvalue weighted by atomic mass is 16.6. The summed E-state index contributed by atoms with van der Waals surface area (Å²) in [5.74, 6) is -0.0101. The molecule has 0 aliphatic carbocycles. The van der Waals surface area contributed by atoms with E-state index in [-0.39, 0.29) is 45.2 Å². The van der Waals surface area contributed by atoms with Crippen molar-refractivity contribution in [1.82, 2.24) is 4.57 Å². The van der Waals surface area contributed by atoms with E-state index >= 15 is 0 Å². The minimum atomic E-state index is -0.585. The third kappa shape index (κ3) is 2.61. The molecular formula is C17H17N5O4. The number of fused-ring (bicyclic) bond motifs is 1. The SMILES string of the molecule is COc1cccc(-c2c([N+](=O)[O-])c3n(c(=N)c2C#N)CCCCN3)c1O. The molecule has 1 aliphatic rings. The van der Waals surface area contributed by atoms with Crippen LogP contribution in [0.3, 0.4) is 0 Å². The summed E-state index contributed by atoms with van der Waals surface area (Å²) >= 11 is 0. The number of pyridine rings is 1. The smallest absolute Gasteiger partial charge is 0.318 e. The lowest BCUT2D eigenvalue weighted by Crippen LogP contribution is -2.27. The lowest BCUT2D eigenvalue weighted by Gasteiger charge is -2.17. The highest BCUT2D eigenvalue weighted by Crippen LogP contribution is 2.44. The number of aromatic nitrogens is 1. The van der Waals surface area contributed by atoms with E-state index in [1.807, 2.05) is 6.07 Å². The van der Waals surface area contributed by atoms with E-state index in [2.05, 4.69) is 5.32 Å². The van der Waals surface area contributed by atoms with Crippen molar-refractivity contribution >= 4 is 11.5 Å². The van der Waals surface area contributed by atoms with Gasteiger partial charge in [0.1, 0.15) is 17.1 Å². The van der Waals surface area contributed by atoms with Crippen LogP contribution >= 0.6 is 0 Å². The number of methoxy groups -OCH3 is 1. The van der Waals surface area contributed by atoms with Gasteiger partial charge in [-0.2, -0.15) is 5.26 Å². The molecule has 0 fully saturated rings. The molecule has 1 aromatic heterocycles. The maximum Gasteiger partial charge on any atom is 0.318 e. The predicted molar refractivity (Wildman–Crippen MR) is 93.0 cm³/mol. The van der Waals surface area contributed by atoms with Crippen LogP contribution in [-0.2, 0) is 6.54 Å². The van der Waals surface area contributed by atoms with Crippen molar-refractivity contribution in [3.05, 3.63) is 39.4 Å². The number of nitro groups is 1. The van der Waals surface area contributed by atoms with Gasteiger partial charge in [-0.15, -0.1) is 0 Å². The Balaban J connectivity index is 2.48. The summed E-state index contributed by atoms with van der Waals surface area (Å²) in [7, 11) is 1.36. The molecule has 2 aromatic rings. The normalized spacial score (nSPS) is 13.1. The number of aromatic hydroxyl groups is 1. The van der Waals surface area contributed by atoms with E-state index in [0.717, 1.165) is 12.8 Å². The number of phenolic OH excluding ortho intramolecular Hbond substituents is 1. The number of rotatable bonds is 3. The van der Waals surface area contributed by atoms with Gasteiger partial charge in [-0.05, 0) is 18.9 Å². The zero-order valence-corrected chi connectivity index (χ0v) is 14.1. The second kappa shape index (κ2) is 6.76. The van der Waals surface area contributed by atoms with Crippen molar-refractivity contribution in [2.75, 3.05) is 19.0 Å². The fraction of sp³-hybridized carbons (Fsp3) is 0.294. The third-order valence-electron chi connectivity index (χ3n) is 4.37. The van der Waals surface area contributed by atoms with Crippen molar-refractivity contribution in [3.63, 3.8) is 0 Å². The van der Waals surface area contributed by atoms with Crippen LogP contribution in [0.15, 0.2) is 18.2 Å². The lowest BCUT2D eigenvalue weighted by atomic mass is 9.97. The molecule has 9 heteroatoms. The summed E-state index contributed by atoms with van der Waals surface area (Å²) in [6.45, 7) is 0.927. The number of benzene rings is 1. The molecule has 0 radical (unpaired) electrons. The Morgan fingerprint density at radius 1 is 1.46 bits per heavy atom. The summed E-state index contributed by atoms with van der Waals surface area (Å²) in [5.41, 5.74) is -0.620. The van der Waals surface area contributed by atoms with Gasteiger partial charge in [0.05, 0.1) is 17.6 Å². The average Bonchev–Trinajstić information content (AvgIpc) is 2.87. The number of phenols is 1. The van der Waals surface area contributed by atoms with Gasteiger partial charge in [-0.25, -0.2) is 0 Å². The summed E-state index contributed by atoms with van der Waals surface area (Å²) < 4.78 is 6.52. The Kier molecular flexibility index (Phi) is 4.49. The Hall–Kier alpha value is -3.54. The molecule has 1 aromatic carbocycles. The van der Waals surface area contributed by atoms with E-state index in [1.54, 1.807) is 6.07 Å². The van der Waals surface area contributed by atoms with Crippen LogP contribution in [-0.4, -0.2) is 28.3 Å². The second-order valence-electron chi connectivity index (χ2n) is 5.81. The molecule has 9 nitrogen and oxygen atoms in total. The largest absolute Gasteiger partial charge is 0.504 e. The van der Waals surface area contributed by atoms with Crippen LogP contribution in [0.4, 0.5) is 11.5 Å². The van der Waals surface area contributed by atoms with Crippen molar-refractivity contribution in [3.8, 4) is 28.7 Å². The van der Waals surface area contributed by atoms with Gasteiger partial charge in [-0.1, -0.05) is 12.1 Å². The fourth-order valence-electron chi connectivity index (χ4n) is 3.17. The molecule has 1 aliphatic heterocycles. The maximum atomic E-state index is 11.9. The van der Waals surface area contributed by atoms with Crippen LogP contribution in [0.5, 0.6) is 11.5 Å². The van der Waals surface area contributed by atoms with Crippen LogP contribution in [0, 0.1) is 26.9 Å². The molecule has 3 N–H and O–H groups in total. The first-order valence-corrected chi connectivity index (χ1v) is 8.01. The fourth-order valence-corrected chi connectivity index (χ4v) is 3.17. The number of ether oxygens (including phenoxy) is 1. The molecule has 0 saturated heterocycles. The minimum absolute atomic E-state index is 0.0792. The zero-order chi connectivity index (χ0) is 18.8.